The molecule has 2 amide bonds. The van der Waals surface area contributed by atoms with E-state index >= 15 is 0 Å². The maximum atomic E-state index is 11.8. The zero-order valence-electron chi connectivity index (χ0n) is 11.9. The number of carbonyl (C=O) groups excluding carboxylic acids is 2. The zero-order chi connectivity index (χ0) is 13.5. The quantitative estimate of drug-likeness (QED) is 0.759. The second-order valence-corrected chi connectivity index (χ2v) is 5.44. The van der Waals surface area contributed by atoms with Crippen molar-refractivity contribution in [2.75, 3.05) is 26.2 Å². The highest BCUT2D eigenvalue weighted by atomic mass is 35.5. The molecule has 0 radical (unpaired) electrons. The average Bonchev–Trinajstić information content (AvgIpc) is 2.82. The third-order valence-electron chi connectivity index (χ3n) is 3.36. The van der Waals surface area contributed by atoms with Crippen LogP contribution in [-0.4, -0.2) is 42.9 Å². The lowest BCUT2D eigenvalue weighted by atomic mass is 10.1. The smallest absolute Gasteiger partial charge is 0.241 e. The molecule has 0 spiro atoms. The summed E-state index contributed by atoms with van der Waals surface area (Å²) in [5.41, 5.74) is 5.58. The van der Waals surface area contributed by atoms with Gasteiger partial charge in [0.15, 0.2) is 0 Å². The number of hydrogen-bond acceptors (Lipinski definition) is 3. The van der Waals surface area contributed by atoms with E-state index in [-0.39, 0.29) is 30.8 Å². The van der Waals surface area contributed by atoms with Crippen molar-refractivity contribution < 1.29 is 9.59 Å². The van der Waals surface area contributed by atoms with Crippen molar-refractivity contribution in [2.24, 2.45) is 17.6 Å². The first-order valence-corrected chi connectivity index (χ1v) is 6.77. The van der Waals surface area contributed by atoms with E-state index in [1.165, 1.54) is 0 Å². The van der Waals surface area contributed by atoms with E-state index in [1.54, 1.807) is 4.90 Å². The van der Waals surface area contributed by atoms with E-state index in [0.29, 0.717) is 24.8 Å². The maximum Gasteiger partial charge on any atom is 0.241 e. The van der Waals surface area contributed by atoms with Crippen molar-refractivity contribution in [2.45, 2.75) is 33.1 Å². The van der Waals surface area contributed by atoms with Crippen molar-refractivity contribution in [3.8, 4) is 0 Å². The normalized spacial score (nSPS) is 18.3. The summed E-state index contributed by atoms with van der Waals surface area (Å²) in [7, 11) is 0. The van der Waals surface area contributed by atoms with Gasteiger partial charge >= 0.3 is 0 Å². The van der Waals surface area contributed by atoms with E-state index in [9.17, 15) is 9.59 Å². The molecule has 0 aromatic rings. The Morgan fingerprint density at radius 2 is 2.11 bits per heavy atom. The monoisotopic (exact) mass is 291 g/mol. The molecule has 1 unspecified atom stereocenters. The molecule has 112 valence electrons. The third kappa shape index (κ3) is 6.78. The molecule has 1 aliphatic heterocycles. The summed E-state index contributed by atoms with van der Waals surface area (Å²) >= 11 is 0. The van der Waals surface area contributed by atoms with E-state index < -0.39 is 0 Å². The topological polar surface area (TPSA) is 75.4 Å². The molecular formula is C13H26ClN3O2. The van der Waals surface area contributed by atoms with E-state index in [1.807, 2.05) is 0 Å². The number of nitrogens with zero attached hydrogens (tertiary/aromatic N) is 1. The number of nitrogens with two attached hydrogens (primary N) is 1. The van der Waals surface area contributed by atoms with Gasteiger partial charge < -0.3 is 16.0 Å². The SMILES string of the molecule is CC(C)CCC(=O)NCC(=O)N1CCC(CN)C1.Cl. The number of amides is 2. The van der Waals surface area contributed by atoms with Gasteiger partial charge in [0.1, 0.15) is 0 Å². The summed E-state index contributed by atoms with van der Waals surface area (Å²) < 4.78 is 0. The molecule has 3 N–H and O–H groups in total. The highest BCUT2D eigenvalue weighted by Crippen LogP contribution is 2.14. The highest BCUT2D eigenvalue weighted by molar-refractivity contribution is 5.85. The summed E-state index contributed by atoms with van der Waals surface area (Å²) in [5.74, 6) is 0.899. The van der Waals surface area contributed by atoms with E-state index in [2.05, 4.69) is 19.2 Å². The van der Waals surface area contributed by atoms with Gasteiger partial charge in [-0.2, -0.15) is 0 Å². The largest absolute Gasteiger partial charge is 0.347 e. The molecule has 0 aliphatic carbocycles. The summed E-state index contributed by atoms with van der Waals surface area (Å²) in [6, 6.07) is 0. The van der Waals surface area contributed by atoms with Crippen molar-refractivity contribution in [3.63, 3.8) is 0 Å². The summed E-state index contributed by atoms with van der Waals surface area (Å²) in [5, 5.41) is 2.69. The summed E-state index contributed by atoms with van der Waals surface area (Å²) in [6.45, 7) is 6.41. The second-order valence-electron chi connectivity index (χ2n) is 5.44. The van der Waals surface area contributed by atoms with Crippen LogP contribution < -0.4 is 11.1 Å². The van der Waals surface area contributed by atoms with Crippen molar-refractivity contribution >= 4 is 24.2 Å². The number of nitrogens with one attached hydrogen (secondary N) is 1. The first-order valence-electron chi connectivity index (χ1n) is 6.77. The first-order chi connectivity index (χ1) is 8.52. The molecule has 0 bridgehead atoms. The van der Waals surface area contributed by atoms with Gasteiger partial charge in [-0.05, 0) is 31.2 Å². The molecule has 19 heavy (non-hydrogen) atoms. The van der Waals surface area contributed by atoms with Crippen LogP contribution in [0.25, 0.3) is 0 Å². The Labute approximate surface area is 121 Å². The van der Waals surface area contributed by atoms with Gasteiger partial charge in [-0.15, -0.1) is 12.4 Å². The third-order valence-corrected chi connectivity index (χ3v) is 3.36. The lowest BCUT2D eigenvalue weighted by molar-refractivity contribution is -0.132. The number of halogens is 1. The van der Waals surface area contributed by atoms with E-state index in [0.717, 1.165) is 25.9 Å². The molecule has 1 rings (SSSR count). The maximum absolute atomic E-state index is 11.8. The predicted molar refractivity (Wildman–Crippen MR) is 78.1 cm³/mol. The van der Waals surface area contributed by atoms with Crippen LogP contribution in [0.1, 0.15) is 33.1 Å². The standard InChI is InChI=1S/C13H25N3O2.ClH/c1-10(2)3-4-12(17)15-8-13(18)16-6-5-11(7-14)9-16;/h10-11H,3-9,14H2,1-2H3,(H,15,17);1H. The molecule has 5 nitrogen and oxygen atoms in total. The number of hydrogen-bond donors (Lipinski definition) is 2. The van der Waals surface area contributed by atoms with Gasteiger partial charge in [0.25, 0.3) is 0 Å². The summed E-state index contributed by atoms with van der Waals surface area (Å²) in [6.07, 6.45) is 2.33. The van der Waals surface area contributed by atoms with Crippen LogP contribution in [0.4, 0.5) is 0 Å². The first kappa shape index (κ1) is 18.2. The molecule has 6 heteroatoms. The van der Waals surface area contributed by atoms with E-state index in [4.69, 9.17) is 5.73 Å². The molecule has 0 saturated carbocycles. The molecule has 0 aromatic carbocycles. The molecule has 1 aliphatic rings. The molecular weight excluding hydrogens is 266 g/mol. The second kappa shape index (κ2) is 9.15. The minimum absolute atomic E-state index is 0. The minimum atomic E-state index is -0.0355. The van der Waals surface area contributed by atoms with Crippen LogP contribution in [0.15, 0.2) is 0 Å². The molecule has 1 heterocycles. The van der Waals surface area contributed by atoms with Gasteiger partial charge in [-0.1, -0.05) is 13.8 Å². The van der Waals surface area contributed by atoms with Crippen LogP contribution in [0.5, 0.6) is 0 Å². The van der Waals surface area contributed by atoms with Gasteiger partial charge in [-0.25, -0.2) is 0 Å². The fourth-order valence-corrected chi connectivity index (χ4v) is 2.05. The van der Waals surface area contributed by atoms with Crippen LogP contribution in [0.3, 0.4) is 0 Å². The van der Waals surface area contributed by atoms with Gasteiger partial charge in [-0.3, -0.25) is 9.59 Å². The number of carbonyl (C=O) groups is 2. The van der Waals surface area contributed by atoms with Crippen LogP contribution in [0, 0.1) is 11.8 Å². The number of likely N-dealkylation sites (tertiary alicyclic amines) is 1. The fraction of sp³-hybridized carbons (Fsp3) is 0.846. The van der Waals surface area contributed by atoms with Crippen LogP contribution >= 0.6 is 12.4 Å². The lowest BCUT2D eigenvalue weighted by Crippen LogP contribution is -2.39. The van der Waals surface area contributed by atoms with Crippen LogP contribution in [0.2, 0.25) is 0 Å². The van der Waals surface area contributed by atoms with Crippen molar-refractivity contribution in [1.82, 2.24) is 10.2 Å². The molecule has 0 aromatic heterocycles. The molecule has 1 atom stereocenters. The zero-order valence-corrected chi connectivity index (χ0v) is 12.7. The number of rotatable bonds is 6. The fourth-order valence-electron chi connectivity index (χ4n) is 2.05. The highest BCUT2D eigenvalue weighted by Gasteiger charge is 2.24. The van der Waals surface area contributed by atoms with Gasteiger partial charge in [0.2, 0.25) is 11.8 Å². The predicted octanol–water partition coefficient (Wildman–Crippen LogP) is 0.768. The Hall–Kier alpha value is -0.810. The Balaban J connectivity index is 0.00000324. The van der Waals surface area contributed by atoms with Crippen LogP contribution in [-0.2, 0) is 9.59 Å². The molecule has 1 saturated heterocycles. The van der Waals surface area contributed by atoms with Gasteiger partial charge in [0.05, 0.1) is 6.54 Å². The Bertz CT molecular complexity index is 298. The van der Waals surface area contributed by atoms with Gasteiger partial charge in [0, 0.05) is 19.5 Å². The Morgan fingerprint density at radius 1 is 1.42 bits per heavy atom. The average molecular weight is 292 g/mol. The van der Waals surface area contributed by atoms with Crippen molar-refractivity contribution in [3.05, 3.63) is 0 Å². The Kier molecular flexibility index (Phi) is 8.76. The summed E-state index contributed by atoms with van der Waals surface area (Å²) in [4.78, 5) is 25.1. The minimum Gasteiger partial charge on any atom is -0.347 e. The lowest BCUT2D eigenvalue weighted by Gasteiger charge is -2.16. The molecule has 1 fully saturated rings. The van der Waals surface area contributed by atoms with Crippen molar-refractivity contribution in [1.29, 1.82) is 0 Å². The Morgan fingerprint density at radius 3 is 2.63 bits per heavy atom.